The fraction of sp³-hybridized carbons (Fsp3) is 0.692. The Morgan fingerprint density at radius 1 is 1.47 bits per heavy atom. The third-order valence-electron chi connectivity index (χ3n) is 3.48. The van der Waals surface area contributed by atoms with Crippen molar-refractivity contribution in [2.24, 2.45) is 0 Å². The molecule has 2 heterocycles. The molecule has 0 radical (unpaired) electrons. The number of nitrogens with one attached hydrogen (secondary N) is 2. The van der Waals surface area contributed by atoms with Crippen LogP contribution in [0.3, 0.4) is 0 Å². The highest BCUT2D eigenvalue weighted by atomic mass is 16.2. The van der Waals surface area contributed by atoms with E-state index in [-0.39, 0.29) is 12.1 Å². The molecule has 0 saturated carbocycles. The lowest BCUT2D eigenvalue weighted by Crippen LogP contribution is -2.49. The molecule has 6 nitrogen and oxygen atoms in total. The van der Waals surface area contributed by atoms with Crippen LogP contribution in [0.2, 0.25) is 0 Å². The van der Waals surface area contributed by atoms with Gasteiger partial charge in [0.25, 0.3) is 0 Å². The third kappa shape index (κ3) is 4.55. The number of likely N-dealkylation sites (tertiary alicyclic amines) is 1. The van der Waals surface area contributed by atoms with Crippen LogP contribution in [-0.2, 0) is 6.54 Å². The van der Waals surface area contributed by atoms with Crippen molar-refractivity contribution in [3.63, 3.8) is 0 Å². The zero-order valence-corrected chi connectivity index (χ0v) is 11.7. The quantitative estimate of drug-likeness (QED) is 0.841. The highest BCUT2D eigenvalue weighted by molar-refractivity contribution is 5.74. The topological polar surface area (TPSA) is 62.2 Å². The van der Waals surface area contributed by atoms with Crippen molar-refractivity contribution in [2.75, 3.05) is 20.1 Å². The summed E-state index contributed by atoms with van der Waals surface area (Å²) in [4.78, 5) is 18.1. The van der Waals surface area contributed by atoms with Crippen LogP contribution in [-0.4, -0.2) is 52.7 Å². The number of carbonyl (C=O) groups excluding carboxylic acids is 1. The summed E-state index contributed by atoms with van der Waals surface area (Å²) >= 11 is 0. The second-order valence-electron chi connectivity index (χ2n) is 5.36. The van der Waals surface area contributed by atoms with Crippen LogP contribution in [0.4, 0.5) is 4.79 Å². The van der Waals surface area contributed by atoms with Crippen molar-refractivity contribution in [1.29, 1.82) is 0 Å². The number of imidazole rings is 1. The number of carbonyl (C=O) groups is 1. The summed E-state index contributed by atoms with van der Waals surface area (Å²) in [5, 5.41) is 6.01. The van der Waals surface area contributed by atoms with Crippen LogP contribution in [0.1, 0.15) is 19.8 Å². The number of urea groups is 1. The van der Waals surface area contributed by atoms with Gasteiger partial charge in [0.1, 0.15) is 0 Å². The van der Waals surface area contributed by atoms with E-state index in [1.165, 1.54) is 0 Å². The summed E-state index contributed by atoms with van der Waals surface area (Å²) in [6, 6.07) is 0.319. The molecule has 19 heavy (non-hydrogen) atoms. The molecule has 1 fully saturated rings. The van der Waals surface area contributed by atoms with E-state index >= 15 is 0 Å². The number of hydrogen-bond acceptors (Lipinski definition) is 3. The molecule has 1 aliphatic heterocycles. The SMILES string of the molecule is CC(Cn1ccnc1)NC(=O)NC1CCN(C)CC1. The number of rotatable bonds is 4. The van der Waals surface area contributed by atoms with Gasteiger partial charge in [-0.3, -0.25) is 0 Å². The van der Waals surface area contributed by atoms with Gasteiger partial charge >= 0.3 is 6.03 Å². The van der Waals surface area contributed by atoms with Crippen molar-refractivity contribution < 1.29 is 4.79 Å². The molecule has 2 N–H and O–H groups in total. The van der Waals surface area contributed by atoms with Crippen LogP contribution in [0.25, 0.3) is 0 Å². The Balaban J connectivity index is 1.69. The first kappa shape index (κ1) is 13.9. The van der Waals surface area contributed by atoms with Gasteiger partial charge in [-0.15, -0.1) is 0 Å². The van der Waals surface area contributed by atoms with Gasteiger partial charge in [0, 0.05) is 31.0 Å². The highest BCUT2D eigenvalue weighted by Crippen LogP contribution is 2.07. The summed E-state index contributed by atoms with van der Waals surface area (Å²) < 4.78 is 1.96. The van der Waals surface area contributed by atoms with E-state index in [1.54, 1.807) is 12.5 Å². The average Bonchev–Trinajstić information content (AvgIpc) is 2.84. The molecule has 1 saturated heterocycles. The lowest BCUT2D eigenvalue weighted by atomic mass is 10.1. The molecule has 2 amide bonds. The summed E-state index contributed by atoms with van der Waals surface area (Å²) in [6.07, 6.45) is 7.45. The Kier molecular flexibility index (Phi) is 4.79. The Labute approximate surface area is 114 Å². The molecule has 0 aromatic carbocycles. The monoisotopic (exact) mass is 265 g/mol. The van der Waals surface area contributed by atoms with Crippen LogP contribution in [0.15, 0.2) is 18.7 Å². The summed E-state index contributed by atoms with van der Waals surface area (Å²) in [7, 11) is 2.11. The summed E-state index contributed by atoms with van der Waals surface area (Å²) in [5.74, 6) is 0. The van der Waals surface area contributed by atoms with Gasteiger partial charge in [-0.25, -0.2) is 9.78 Å². The Bertz CT molecular complexity index is 384. The molecular formula is C13H23N5O. The van der Waals surface area contributed by atoms with E-state index in [0.29, 0.717) is 6.04 Å². The number of amides is 2. The van der Waals surface area contributed by atoms with E-state index in [2.05, 4.69) is 27.6 Å². The summed E-state index contributed by atoms with van der Waals surface area (Å²) in [6.45, 7) is 4.83. The maximum Gasteiger partial charge on any atom is 0.315 e. The number of hydrogen-bond donors (Lipinski definition) is 2. The van der Waals surface area contributed by atoms with Crippen molar-refractivity contribution in [3.05, 3.63) is 18.7 Å². The van der Waals surface area contributed by atoms with Crippen LogP contribution in [0, 0.1) is 0 Å². The van der Waals surface area contributed by atoms with Crippen LogP contribution >= 0.6 is 0 Å². The van der Waals surface area contributed by atoms with E-state index in [9.17, 15) is 4.79 Å². The number of nitrogens with zero attached hydrogens (tertiary/aromatic N) is 3. The van der Waals surface area contributed by atoms with Crippen molar-refractivity contribution >= 4 is 6.03 Å². The van der Waals surface area contributed by atoms with Crippen molar-refractivity contribution in [1.82, 2.24) is 25.1 Å². The lowest BCUT2D eigenvalue weighted by molar-refractivity contribution is 0.211. The largest absolute Gasteiger partial charge is 0.335 e. The number of piperidine rings is 1. The van der Waals surface area contributed by atoms with Gasteiger partial charge in [0.05, 0.1) is 6.33 Å². The zero-order valence-electron chi connectivity index (χ0n) is 11.7. The first-order valence-corrected chi connectivity index (χ1v) is 6.85. The van der Waals surface area contributed by atoms with Gasteiger partial charge in [0.2, 0.25) is 0 Å². The molecular weight excluding hydrogens is 242 g/mol. The minimum absolute atomic E-state index is 0.0674. The predicted octanol–water partition coefficient (Wildman–Crippen LogP) is 0.665. The van der Waals surface area contributed by atoms with E-state index in [1.807, 2.05) is 17.7 Å². The van der Waals surface area contributed by atoms with Crippen molar-refractivity contribution in [3.8, 4) is 0 Å². The van der Waals surface area contributed by atoms with Crippen LogP contribution < -0.4 is 10.6 Å². The maximum absolute atomic E-state index is 11.9. The molecule has 1 unspecified atom stereocenters. The van der Waals surface area contributed by atoms with Gasteiger partial charge < -0.3 is 20.1 Å². The smallest absolute Gasteiger partial charge is 0.315 e. The minimum atomic E-state index is -0.0674. The second kappa shape index (κ2) is 6.56. The maximum atomic E-state index is 11.9. The molecule has 1 aromatic rings. The third-order valence-corrected chi connectivity index (χ3v) is 3.48. The zero-order chi connectivity index (χ0) is 13.7. The molecule has 0 spiro atoms. The summed E-state index contributed by atoms with van der Waals surface area (Å²) in [5.41, 5.74) is 0. The van der Waals surface area contributed by atoms with Gasteiger partial charge in [-0.2, -0.15) is 0 Å². The van der Waals surface area contributed by atoms with Crippen molar-refractivity contribution in [2.45, 2.75) is 38.4 Å². The molecule has 1 atom stereocenters. The predicted molar refractivity (Wildman–Crippen MR) is 73.9 cm³/mol. The molecule has 2 rings (SSSR count). The van der Waals surface area contributed by atoms with Gasteiger partial charge in [-0.05, 0) is 39.9 Å². The van der Waals surface area contributed by atoms with Gasteiger partial charge in [0.15, 0.2) is 0 Å². The molecule has 0 bridgehead atoms. The number of aromatic nitrogens is 2. The molecule has 0 aliphatic carbocycles. The average molecular weight is 265 g/mol. The minimum Gasteiger partial charge on any atom is -0.335 e. The fourth-order valence-electron chi connectivity index (χ4n) is 2.36. The standard InChI is InChI=1S/C13H23N5O/c1-11(9-18-8-5-14-10-18)15-13(19)16-12-3-6-17(2)7-4-12/h5,8,10-12H,3-4,6-7,9H2,1-2H3,(H2,15,16,19). The van der Waals surface area contributed by atoms with Gasteiger partial charge in [-0.1, -0.05) is 0 Å². The first-order chi connectivity index (χ1) is 9.13. The molecule has 6 heteroatoms. The molecule has 1 aliphatic rings. The molecule has 1 aromatic heterocycles. The normalized spacial score (nSPS) is 19.1. The van der Waals surface area contributed by atoms with E-state index < -0.39 is 0 Å². The van der Waals surface area contributed by atoms with E-state index in [4.69, 9.17) is 0 Å². The Morgan fingerprint density at radius 3 is 2.84 bits per heavy atom. The lowest BCUT2D eigenvalue weighted by Gasteiger charge is -2.29. The second-order valence-corrected chi connectivity index (χ2v) is 5.36. The fourth-order valence-corrected chi connectivity index (χ4v) is 2.36. The first-order valence-electron chi connectivity index (χ1n) is 6.85. The Morgan fingerprint density at radius 2 is 2.21 bits per heavy atom. The highest BCUT2D eigenvalue weighted by Gasteiger charge is 2.18. The van der Waals surface area contributed by atoms with E-state index in [0.717, 1.165) is 32.5 Å². The molecule has 106 valence electrons. The Hall–Kier alpha value is -1.56. The van der Waals surface area contributed by atoms with Crippen LogP contribution in [0.5, 0.6) is 0 Å².